The molecule has 0 atom stereocenters. The molecular weight excluding hydrogens is 455 g/mol. The van der Waals surface area contributed by atoms with E-state index in [1.807, 2.05) is 0 Å². The van der Waals surface area contributed by atoms with Crippen molar-refractivity contribution >= 4 is 34.1 Å². The predicted molar refractivity (Wildman–Crippen MR) is 117 cm³/mol. The van der Waals surface area contributed by atoms with Crippen LogP contribution in [0.5, 0.6) is 11.5 Å². The van der Waals surface area contributed by atoms with E-state index in [4.69, 9.17) is 14.0 Å². The van der Waals surface area contributed by atoms with E-state index in [0.717, 1.165) is 0 Å². The van der Waals surface area contributed by atoms with Gasteiger partial charge in [0, 0.05) is 17.4 Å². The Morgan fingerprint density at radius 2 is 1.94 bits per heavy atom. The molecule has 0 bridgehead atoms. The Labute approximate surface area is 189 Å². The maximum absolute atomic E-state index is 13.7. The summed E-state index contributed by atoms with van der Waals surface area (Å²) in [5, 5.41) is 14.8. The Balaban J connectivity index is 1.22. The topological polar surface area (TPSA) is 99.4 Å². The molecule has 2 aromatic carbocycles. The molecule has 0 saturated heterocycles. The van der Waals surface area contributed by atoms with Gasteiger partial charge in [-0.2, -0.15) is 0 Å². The van der Waals surface area contributed by atoms with Gasteiger partial charge in [-0.1, -0.05) is 46.5 Å². The zero-order valence-corrected chi connectivity index (χ0v) is 18.0. The molecule has 1 aliphatic rings. The quantitative estimate of drug-likeness (QED) is 0.321. The van der Waals surface area contributed by atoms with Gasteiger partial charge in [0.15, 0.2) is 27.3 Å². The number of anilines is 1. The molecule has 0 unspecified atom stereocenters. The van der Waals surface area contributed by atoms with Gasteiger partial charge in [0.05, 0.1) is 0 Å². The van der Waals surface area contributed by atoms with Crippen LogP contribution in [0.4, 0.5) is 9.52 Å². The number of nitrogens with zero attached hydrogens (tertiary/aromatic N) is 3. The van der Waals surface area contributed by atoms with Crippen molar-refractivity contribution in [2.24, 2.45) is 0 Å². The second-order valence-electron chi connectivity index (χ2n) is 6.64. The largest absolute Gasteiger partial charge is 0.486 e. The zero-order chi connectivity index (χ0) is 21.9. The number of hydrogen-bond donors (Lipinski definition) is 1. The van der Waals surface area contributed by atoms with Crippen molar-refractivity contribution in [1.29, 1.82) is 0 Å². The van der Waals surface area contributed by atoms with E-state index in [1.54, 1.807) is 36.4 Å². The normalized spacial score (nSPS) is 12.5. The van der Waals surface area contributed by atoms with E-state index in [9.17, 15) is 9.18 Å². The molecule has 0 spiro atoms. The number of nitrogens with one attached hydrogen (secondary N) is 1. The number of fused-ring (bicyclic) bond motifs is 1. The van der Waals surface area contributed by atoms with Crippen LogP contribution in [-0.2, 0) is 5.75 Å². The summed E-state index contributed by atoms with van der Waals surface area (Å²) in [5.74, 6) is 1.38. The number of carbonyl (C=O) groups excluding carboxylic acids is 1. The Morgan fingerprint density at radius 3 is 2.81 bits per heavy atom. The average Bonchev–Trinajstić information content (AvgIpc) is 3.48. The van der Waals surface area contributed by atoms with Crippen molar-refractivity contribution in [3.8, 4) is 22.8 Å². The van der Waals surface area contributed by atoms with E-state index < -0.39 is 5.91 Å². The molecule has 0 saturated carbocycles. The highest BCUT2D eigenvalue weighted by molar-refractivity contribution is 8.00. The number of ether oxygens (including phenoxy) is 2. The number of hydrogen-bond acceptors (Lipinski definition) is 9. The van der Waals surface area contributed by atoms with E-state index >= 15 is 0 Å². The van der Waals surface area contributed by atoms with Crippen molar-refractivity contribution in [3.63, 3.8) is 0 Å². The predicted octanol–water partition coefficient (Wildman–Crippen LogP) is 4.65. The van der Waals surface area contributed by atoms with Gasteiger partial charge in [0.25, 0.3) is 5.91 Å². The van der Waals surface area contributed by atoms with Crippen LogP contribution in [0.3, 0.4) is 0 Å². The standard InChI is InChI=1S/C21H15FN4O4S2/c22-14-4-2-1-3-13(14)11-31-21-25-24-20(32-21)23-19(27)15-10-17(30-26-15)12-5-6-16-18(9-12)29-8-7-28-16/h1-6,9-10H,7-8,11H2,(H,23,24,27). The van der Waals surface area contributed by atoms with Gasteiger partial charge >= 0.3 is 0 Å². The summed E-state index contributed by atoms with van der Waals surface area (Å²) in [6.07, 6.45) is 0. The number of thioether (sulfide) groups is 1. The molecule has 5 rings (SSSR count). The fourth-order valence-corrected chi connectivity index (χ4v) is 4.68. The van der Waals surface area contributed by atoms with Gasteiger partial charge in [-0.25, -0.2) is 4.39 Å². The Hall–Kier alpha value is -3.44. The second kappa shape index (κ2) is 8.97. The maximum Gasteiger partial charge on any atom is 0.279 e. The molecule has 8 nitrogen and oxygen atoms in total. The smallest absolute Gasteiger partial charge is 0.279 e. The SMILES string of the molecule is O=C(Nc1nnc(SCc2ccccc2F)s1)c1cc(-c2ccc3c(c2)OCCO3)on1. The Morgan fingerprint density at radius 1 is 1.09 bits per heavy atom. The number of carbonyl (C=O) groups is 1. The second-order valence-corrected chi connectivity index (χ2v) is 8.84. The fraction of sp³-hybridized carbons (Fsp3) is 0.143. The minimum Gasteiger partial charge on any atom is -0.486 e. The van der Waals surface area contributed by atoms with Crippen molar-refractivity contribution < 1.29 is 23.2 Å². The van der Waals surface area contributed by atoms with Crippen LogP contribution in [0.2, 0.25) is 0 Å². The molecule has 1 amide bonds. The van der Waals surface area contributed by atoms with Crippen molar-refractivity contribution in [2.45, 2.75) is 10.1 Å². The molecular formula is C21H15FN4O4S2. The first kappa shape index (κ1) is 20.5. The van der Waals surface area contributed by atoms with Crippen molar-refractivity contribution in [2.75, 3.05) is 18.5 Å². The van der Waals surface area contributed by atoms with Crippen LogP contribution in [0.1, 0.15) is 16.1 Å². The molecule has 1 N–H and O–H groups in total. The maximum atomic E-state index is 13.7. The van der Waals surface area contributed by atoms with Gasteiger partial charge in [-0.3, -0.25) is 10.1 Å². The van der Waals surface area contributed by atoms with E-state index in [0.29, 0.717) is 56.8 Å². The lowest BCUT2D eigenvalue weighted by Gasteiger charge is -2.18. The van der Waals surface area contributed by atoms with E-state index in [1.165, 1.54) is 35.2 Å². The van der Waals surface area contributed by atoms with Crippen LogP contribution in [0.15, 0.2) is 57.4 Å². The minimum atomic E-state index is -0.473. The fourth-order valence-electron chi connectivity index (χ4n) is 2.95. The summed E-state index contributed by atoms with van der Waals surface area (Å²) in [6, 6.07) is 13.5. The van der Waals surface area contributed by atoms with Crippen molar-refractivity contribution in [1.82, 2.24) is 15.4 Å². The van der Waals surface area contributed by atoms with Gasteiger partial charge in [0.2, 0.25) is 5.13 Å². The number of amides is 1. The third kappa shape index (κ3) is 4.43. The molecule has 4 aromatic rings. The summed E-state index contributed by atoms with van der Waals surface area (Å²) in [6.45, 7) is 0.983. The highest BCUT2D eigenvalue weighted by Crippen LogP contribution is 2.35. The number of halogens is 1. The van der Waals surface area contributed by atoms with Crippen LogP contribution < -0.4 is 14.8 Å². The highest BCUT2D eigenvalue weighted by atomic mass is 32.2. The number of aromatic nitrogens is 3. The average molecular weight is 471 g/mol. The molecule has 32 heavy (non-hydrogen) atoms. The third-order valence-corrected chi connectivity index (χ3v) is 6.53. The third-order valence-electron chi connectivity index (χ3n) is 4.51. The summed E-state index contributed by atoms with van der Waals surface area (Å²) >= 11 is 2.54. The zero-order valence-electron chi connectivity index (χ0n) is 16.4. The minimum absolute atomic E-state index is 0.102. The van der Waals surface area contributed by atoms with Crippen molar-refractivity contribution in [3.05, 3.63) is 65.6 Å². The first-order valence-corrected chi connectivity index (χ1v) is 11.3. The molecule has 2 aromatic heterocycles. The summed E-state index contributed by atoms with van der Waals surface area (Å²) in [4.78, 5) is 12.5. The summed E-state index contributed by atoms with van der Waals surface area (Å²) < 4.78 is 30.7. The number of rotatable bonds is 6. The molecule has 0 aliphatic carbocycles. The summed E-state index contributed by atoms with van der Waals surface area (Å²) in [5.41, 5.74) is 1.39. The van der Waals surface area contributed by atoms with E-state index in [2.05, 4.69) is 20.7 Å². The Bertz CT molecular complexity index is 1280. The lowest BCUT2D eigenvalue weighted by molar-refractivity contribution is 0.101. The molecule has 3 heterocycles. The highest BCUT2D eigenvalue weighted by Gasteiger charge is 2.18. The molecule has 162 valence electrons. The van der Waals surface area contributed by atoms with Crippen LogP contribution >= 0.6 is 23.1 Å². The monoisotopic (exact) mass is 470 g/mol. The lowest BCUT2D eigenvalue weighted by Crippen LogP contribution is -2.15. The molecule has 0 fully saturated rings. The van der Waals surface area contributed by atoms with Crippen LogP contribution in [-0.4, -0.2) is 34.5 Å². The van der Waals surface area contributed by atoms with Crippen LogP contribution in [0.25, 0.3) is 11.3 Å². The van der Waals surface area contributed by atoms with Gasteiger partial charge < -0.3 is 14.0 Å². The number of benzene rings is 2. The van der Waals surface area contributed by atoms with Crippen LogP contribution in [0, 0.1) is 5.82 Å². The van der Waals surface area contributed by atoms with Gasteiger partial charge in [-0.05, 0) is 29.8 Å². The lowest BCUT2D eigenvalue weighted by atomic mass is 10.1. The van der Waals surface area contributed by atoms with Gasteiger partial charge in [0.1, 0.15) is 19.0 Å². The molecule has 11 heteroatoms. The van der Waals surface area contributed by atoms with Gasteiger partial charge in [-0.15, -0.1) is 10.2 Å². The molecule has 1 aliphatic heterocycles. The van der Waals surface area contributed by atoms with E-state index in [-0.39, 0.29) is 11.5 Å². The Kier molecular flexibility index (Phi) is 5.73. The summed E-state index contributed by atoms with van der Waals surface area (Å²) in [7, 11) is 0. The molecule has 0 radical (unpaired) electrons. The first-order chi connectivity index (χ1) is 15.7. The first-order valence-electron chi connectivity index (χ1n) is 9.53.